The van der Waals surface area contributed by atoms with Crippen molar-refractivity contribution >= 4 is 11.8 Å². The average Bonchev–Trinajstić information content (AvgIpc) is 2.26. The van der Waals surface area contributed by atoms with Gasteiger partial charge in [-0.3, -0.25) is 0 Å². The first-order chi connectivity index (χ1) is 7.27. The first kappa shape index (κ1) is 12.5. The lowest BCUT2D eigenvalue weighted by Crippen LogP contribution is -1.99. The Morgan fingerprint density at radius 3 is 2.93 bits per heavy atom. The van der Waals surface area contributed by atoms with Gasteiger partial charge in [-0.25, -0.2) is 4.98 Å². The summed E-state index contributed by atoms with van der Waals surface area (Å²) in [7, 11) is 1.73. The number of aromatic nitrogens is 1. The van der Waals surface area contributed by atoms with Crippen LogP contribution in [0.5, 0.6) is 0 Å². The second-order valence-corrected chi connectivity index (χ2v) is 4.45. The molecular formula is C11H18N2OS. The highest BCUT2D eigenvalue weighted by Gasteiger charge is 2.01. The van der Waals surface area contributed by atoms with Crippen molar-refractivity contribution in [1.82, 2.24) is 4.98 Å². The predicted octanol–water partition coefficient (Wildman–Crippen LogP) is 1.98. The van der Waals surface area contributed by atoms with E-state index < -0.39 is 0 Å². The summed E-state index contributed by atoms with van der Waals surface area (Å²) in [5.41, 5.74) is 7.85. The van der Waals surface area contributed by atoms with Crippen molar-refractivity contribution in [1.29, 1.82) is 0 Å². The van der Waals surface area contributed by atoms with Crippen LogP contribution in [0, 0.1) is 6.92 Å². The highest BCUT2D eigenvalue weighted by molar-refractivity contribution is 7.99. The van der Waals surface area contributed by atoms with Crippen molar-refractivity contribution < 1.29 is 4.74 Å². The van der Waals surface area contributed by atoms with Crippen molar-refractivity contribution in [3.8, 4) is 0 Å². The van der Waals surface area contributed by atoms with Gasteiger partial charge < -0.3 is 10.5 Å². The molecule has 1 aromatic rings. The molecule has 1 aromatic heterocycles. The van der Waals surface area contributed by atoms with Gasteiger partial charge in [0, 0.05) is 32.2 Å². The molecule has 3 nitrogen and oxygen atoms in total. The van der Waals surface area contributed by atoms with Crippen molar-refractivity contribution in [2.75, 3.05) is 19.5 Å². The molecule has 0 fully saturated rings. The van der Waals surface area contributed by atoms with E-state index in [0.29, 0.717) is 6.54 Å². The summed E-state index contributed by atoms with van der Waals surface area (Å²) in [5, 5.41) is 1.10. The Hall–Kier alpha value is -0.580. The number of methoxy groups -OCH3 is 1. The SMILES string of the molecule is COCCCSc1ncc(CN)cc1C. The second kappa shape index (κ2) is 6.82. The van der Waals surface area contributed by atoms with Gasteiger partial charge >= 0.3 is 0 Å². The van der Waals surface area contributed by atoms with Crippen LogP contribution in [0.25, 0.3) is 0 Å². The molecule has 0 saturated carbocycles. The third-order valence-electron chi connectivity index (χ3n) is 2.05. The molecule has 0 bridgehead atoms. The lowest BCUT2D eigenvalue weighted by Gasteiger charge is -2.05. The van der Waals surface area contributed by atoms with E-state index in [-0.39, 0.29) is 0 Å². The number of aryl methyl sites for hydroxylation is 1. The molecule has 84 valence electrons. The summed E-state index contributed by atoms with van der Waals surface area (Å²) in [6, 6.07) is 2.10. The Labute approximate surface area is 95.4 Å². The molecule has 0 aliphatic rings. The molecule has 0 spiro atoms. The molecule has 0 amide bonds. The Balaban J connectivity index is 2.47. The van der Waals surface area contributed by atoms with Crippen LogP contribution in [-0.4, -0.2) is 24.5 Å². The van der Waals surface area contributed by atoms with Crippen molar-refractivity contribution in [2.45, 2.75) is 24.9 Å². The molecule has 0 radical (unpaired) electrons. The molecule has 0 aliphatic heterocycles. The minimum atomic E-state index is 0.558. The Kier molecular flexibility index (Phi) is 5.68. The van der Waals surface area contributed by atoms with Gasteiger partial charge in [-0.2, -0.15) is 0 Å². The summed E-state index contributed by atoms with van der Waals surface area (Å²) < 4.78 is 5.00. The van der Waals surface area contributed by atoms with Gasteiger partial charge in [0.05, 0.1) is 5.03 Å². The molecule has 2 N–H and O–H groups in total. The molecule has 0 aromatic carbocycles. The topological polar surface area (TPSA) is 48.1 Å². The van der Waals surface area contributed by atoms with E-state index in [1.54, 1.807) is 18.9 Å². The predicted molar refractivity (Wildman–Crippen MR) is 64.1 cm³/mol. The van der Waals surface area contributed by atoms with E-state index in [9.17, 15) is 0 Å². The third kappa shape index (κ3) is 4.20. The van der Waals surface area contributed by atoms with E-state index in [2.05, 4.69) is 18.0 Å². The van der Waals surface area contributed by atoms with Crippen molar-refractivity contribution in [3.63, 3.8) is 0 Å². The molecule has 0 aliphatic carbocycles. The average molecular weight is 226 g/mol. The van der Waals surface area contributed by atoms with E-state index in [1.807, 2.05) is 6.20 Å². The third-order valence-corrected chi connectivity index (χ3v) is 3.25. The molecular weight excluding hydrogens is 208 g/mol. The number of hydrogen-bond donors (Lipinski definition) is 1. The summed E-state index contributed by atoms with van der Waals surface area (Å²) in [6.07, 6.45) is 2.91. The highest BCUT2D eigenvalue weighted by atomic mass is 32.2. The van der Waals surface area contributed by atoms with Crippen LogP contribution in [0.15, 0.2) is 17.3 Å². The van der Waals surface area contributed by atoms with Gasteiger partial charge in [0.25, 0.3) is 0 Å². The van der Waals surface area contributed by atoms with Crippen LogP contribution in [0.4, 0.5) is 0 Å². The van der Waals surface area contributed by atoms with Crippen LogP contribution in [-0.2, 0) is 11.3 Å². The van der Waals surface area contributed by atoms with Crippen LogP contribution in [0.3, 0.4) is 0 Å². The van der Waals surface area contributed by atoms with Gasteiger partial charge in [0.1, 0.15) is 0 Å². The zero-order valence-corrected chi connectivity index (χ0v) is 10.1. The number of rotatable bonds is 6. The molecule has 0 saturated heterocycles. The monoisotopic (exact) mass is 226 g/mol. The quantitative estimate of drug-likeness (QED) is 0.595. The highest BCUT2D eigenvalue weighted by Crippen LogP contribution is 2.20. The maximum Gasteiger partial charge on any atom is 0.0989 e. The first-order valence-electron chi connectivity index (χ1n) is 5.05. The number of ether oxygens (including phenoxy) is 1. The van der Waals surface area contributed by atoms with Crippen LogP contribution in [0.1, 0.15) is 17.5 Å². The fourth-order valence-electron chi connectivity index (χ4n) is 1.26. The fraction of sp³-hybridized carbons (Fsp3) is 0.545. The summed E-state index contributed by atoms with van der Waals surface area (Å²) in [5.74, 6) is 1.05. The largest absolute Gasteiger partial charge is 0.385 e. The number of thioether (sulfide) groups is 1. The maximum absolute atomic E-state index is 5.55. The van der Waals surface area contributed by atoms with Crippen LogP contribution in [0.2, 0.25) is 0 Å². The lowest BCUT2D eigenvalue weighted by atomic mass is 10.2. The second-order valence-electron chi connectivity index (χ2n) is 3.36. The molecule has 15 heavy (non-hydrogen) atoms. The van der Waals surface area contributed by atoms with E-state index in [1.165, 1.54) is 5.56 Å². The Morgan fingerprint density at radius 2 is 2.33 bits per heavy atom. The van der Waals surface area contributed by atoms with Gasteiger partial charge in [0.15, 0.2) is 0 Å². The van der Waals surface area contributed by atoms with E-state index in [0.717, 1.165) is 29.4 Å². The van der Waals surface area contributed by atoms with Gasteiger partial charge in [-0.05, 0) is 24.5 Å². The van der Waals surface area contributed by atoms with Crippen molar-refractivity contribution in [2.24, 2.45) is 5.73 Å². The molecule has 1 rings (SSSR count). The fourth-order valence-corrected chi connectivity index (χ4v) is 2.12. The molecule has 4 heteroatoms. The first-order valence-corrected chi connectivity index (χ1v) is 6.03. The standard InChI is InChI=1S/C11H18N2OS/c1-9-6-10(7-12)8-13-11(9)15-5-3-4-14-2/h6,8H,3-5,7,12H2,1-2H3. The zero-order valence-electron chi connectivity index (χ0n) is 9.32. The zero-order chi connectivity index (χ0) is 11.1. The summed E-state index contributed by atoms with van der Waals surface area (Å²) in [4.78, 5) is 4.39. The number of nitrogens with two attached hydrogens (primary N) is 1. The minimum Gasteiger partial charge on any atom is -0.385 e. The van der Waals surface area contributed by atoms with Crippen LogP contribution >= 0.6 is 11.8 Å². The Bertz CT molecular complexity index is 305. The lowest BCUT2D eigenvalue weighted by molar-refractivity contribution is 0.200. The maximum atomic E-state index is 5.55. The van der Waals surface area contributed by atoms with Gasteiger partial charge in [-0.1, -0.05) is 6.07 Å². The molecule has 0 atom stereocenters. The minimum absolute atomic E-state index is 0.558. The Morgan fingerprint density at radius 1 is 1.53 bits per heavy atom. The summed E-state index contributed by atoms with van der Waals surface area (Å²) in [6.45, 7) is 3.44. The smallest absolute Gasteiger partial charge is 0.0989 e. The molecule has 0 unspecified atom stereocenters. The number of pyridine rings is 1. The van der Waals surface area contributed by atoms with Gasteiger partial charge in [-0.15, -0.1) is 11.8 Å². The van der Waals surface area contributed by atoms with Crippen LogP contribution < -0.4 is 5.73 Å². The van der Waals surface area contributed by atoms with Gasteiger partial charge in [0.2, 0.25) is 0 Å². The summed E-state index contributed by atoms with van der Waals surface area (Å²) >= 11 is 1.77. The molecule has 1 heterocycles. The van der Waals surface area contributed by atoms with E-state index >= 15 is 0 Å². The number of hydrogen-bond acceptors (Lipinski definition) is 4. The normalized spacial score (nSPS) is 10.6. The van der Waals surface area contributed by atoms with E-state index in [4.69, 9.17) is 10.5 Å². The van der Waals surface area contributed by atoms with Crippen molar-refractivity contribution in [3.05, 3.63) is 23.4 Å². The number of nitrogens with zero attached hydrogens (tertiary/aromatic N) is 1.